The van der Waals surface area contributed by atoms with Gasteiger partial charge in [0.05, 0.1) is 12.6 Å². The van der Waals surface area contributed by atoms with Crippen molar-refractivity contribution in [2.45, 2.75) is 43.9 Å². The summed E-state index contributed by atoms with van der Waals surface area (Å²) >= 11 is 0. The van der Waals surface area contributed by atoms with Crippen LogP contribution in [0.1, 0.15) is 48.5 Å². The van der Waals surface area contributed by atoms with Gasteiger partial charge in [0, 0.05) is 24.1 Å². The Bertz CT molecular complexity index is 717. The van der Waals surface area contributed by atoms with Gasteiger partial charge in [0.1, 0.15) is 11.6 Å². The van der Waals surface area contributed by atoms with Crippen molar-refractivity contribution < 1.29 is 18.4 Å². The van der Waals surface area contributed by atoms with Gasteiger partial charge >= 0.3 is 0 Å². The second kappa shape index (κ2) is 5.65. The predicted octanol–water partition coefficient (Wildman–Crippen LogP) is 2.53. The molecule has 1 saturated carbocycles. The van der Waals surface area contributed by atoms with E-state index >= 15 is 0 Å². The van der Waals surface area contributed by atoms with Gasteiger partial charge in [-0.25, -0.2) is 8.78 Å². The average molecular weight is 321 g/mol. The molecule has 0 unspecified atom stereocenters. The van der Waals surface area contributed by atoms with E-state index < -0.39 is 23.8 Å². The number of β-amino-alcohol motifs (C(OH)–C–C–N with tert-alkyl or cyclic N) is 1. The van der Waals surface area contributed by atoms with Gasteiger partial charge in [-0.05, 0) is 37.5 Å². The standard InChI is InChI=1S/C16H17F2N3O2/c17-10-3-4-13(18)12(5-10)14-6-11(22)7-21(14)8-15-19-16(20-23-15)9-1-2-9/h3-5,9,11,14,22H,1-2,6-8H2/t11-,14-/m1/s1. The monoisotopic (exact) mass is 321 g/mol. The first kappa shape index (κ1) is 14.7. The number of aromatic nitrogens is 2. The summed E-state index contributed by atoms with van der Waals surface area (Å²) in [6, 6.07) is 2.99. The molecule has 1 aromatic carbocycles. The Labute approximate surface area is 131 Å². The summed E-state index contributed by atoms with van der Waals surface area (Å²) in [5.74, 6) is 0.598. The molecule has 1 saturated heterocycles. The fourth-order valence-electron chi connectivity index (χ4n) is 3.16. The van der Waals surface area contributed by atoms with Crippen molar-refractivity contribution in [3.8, 4) is 0 Å². The molecule has 0 bridgehead atoms. The van der Waals surface area contributed by atoms with E-state index in [-0.39, 0.29) is 5.56 Å². The highest BCUT2D eigenvalue weighted by atomic mass is 19.1. The fourth-order valence-corrected chi connectivity index (χ4v) is 3.16. The lowest BCUT2D eigenvalue weighted by atomic mass is 10.0. The summed E-state index contributed by atoms with van der Waals surface area (Å²) in [6.45, 7) is 0.680. The van der Waals surface area contributed by atoms with Gasteiger partial charge in [0.2, 0.25) is 5.89 Å². The van der Waals surface area contributed by atoms with Gasteiger partial charge in [-0.15, -0.1) is 0 Å². The minimum atomic E-state index is -0.589. The molecule has 122 valence electrons. The molecule has 0 amide bonds. The molecule has 2 heterocycles. The molecule has 4 rings (SSSR count). The SMILES string of the molecule is O[C@@H]1C[C@H](c2cc(F)ccc2F)N(Cc2nc(C3CC3)no2)C1. The number of aliphatic hydroxyl groups excluding tert-OH is 1. The zero-order valence-electron chi connectivity index (χ0n) is 12.5. The van der Waals surface area contributed by atoms with Crippen LogP contribution in [0.5, 0.6) is 0 Å². The fraction of sp³-hybridized carbons (Fsp3) is 0.500. The van der Waals surface area contributed by atoms with Gasteiger partial charge in [-0.3, -0.25) is 4.90 Å². The highest BCUT2D eigenvalue weighted by Gasteiger charge is 2.35. The molecule has 1 aliphatic heterocycles. The lowest BCUT2D eigenvalue weighted by molar-refractivity contribution is 0.164. The Hall–Kier alpha value is -1.86. The van der Waals surface area contributed by atoms with Crippen molar-refractivity contribution >= 4 is 0 Å². The Morgan fingerprint density at radius 1 is 1.30 bits per heavy atom. The van der Waals surface area contributed by atoms with Crippen molar-refractivity contribution in [3.05, 3.63) is 47.1 Å². The Morgan fingerprint density at radius 2 is 2.13 bits per heavy atom. The van der Waals surface area contributed by atoms with E-state index in [9.17, 15) is 13.9 Å². The van der Waals surface area contributed by atoms with Crippen LogP contribution in [0.4, 0.5) is 8.78 Å². The maximum atomic E-state index is 14.1. The van der Waals surface area contributed by atoms with Crippen LogP contribution in [0.3, 0.4) is 0 Å². The number of nitrogens with zero attached hydrogens (tertiary/aromatic N) is 3. The Kier molecular flexibility index (Phi) is 3.61. The number of halogens is 2. The number of hydrogen-bond donors (Lipinski definition) is 1. The van der Waals surface area contributed by atoms with Gasteiger partial charge in [0.25, 0.3) is 0 Å². The first-order valence-electron chi connectivity index (χ1n) is 7.79. The smallest absolute Gasteiger partial charge is 0.240 e. The minimum absolute atomic E-state index is 0.253. The Balaban J connectivity index is 1.56. The van der Waals surface area contributed by atoms with Gasteiger partial charge < -0.3 is 9.63 Å². The molecule has 2 fully saturated rings. The minimum Gasteiger partial charge on any atom is -0.392 e. The Morgan fingerprint density at radius 3 is 2.91 bits per heavy atom. The van der Waals surface area contributed by atoms with Crippen LogP contribution in [0.2, 0.25) is 0 Å². The molecule has 0 radical (unpaired) electrons. The first-order valence-corrected chi connectivity index (χ1v) is 7.79. The number of likely N-dealkylation sites (tertiary alicyclic amines) is 1. The van der Waals surface area contributed by atoms with E-state index in [1.165, 1.54) is 6.07 Å². The molecular weight excluding hydrogens is 304 g/mol. The quantitative estimate of drug-likeness (QED) is 0.937. The van der Waals surface area contributed by atoms with Crippen molar-refractivity contribution in [1.82, 2.24) is 15.0 Å². The lowest BCUT2D eigenvalue weighted by Gasteiger charge is -2.23. The first-order chi connectivity index (χ1) is 11.1. The summed E-state index contributed by atoms with van der Waals surface area (Å²) in [4.78, 5) is 6.21. The van der Waals surface area contributed by atoms with Crippen molar-refractivity contribution in [2.75, 3.05) is 6.54 Å². The molecule has 0 spiro atoms. The highest BCUT2D eigenvalue weighted by molar-refractivity contribution is 5.24. The zero-order valence-corrected chi connectivity index (χ0v) is 12.5. The van der Waals surface area contributed by atoms with Crippen LogP contribution in [-0.2, 0) is 6.54 Å². The van der Waals surface area contributed by atoms with E-state index in [4.69, 9.17) is 4.52 Å². The van der Waals surface area contributed by atoms with Crippen molar-refractivity contribution in [2.24, 2.45) is 0 Å². The van der Waals surface area contributed by atoms with Crippen LogP contribution < -0.4 is 0 Å². The zero-order chi connectivity index (χ0) is 16.0. The summed E-state index contributed by atoms with van der Waals surface area (Å²) in [5, 5.41) is 13.9. The van der Waals surface area contributed by atoms with Crippen LogP contribution in [0.15, 0.2) is 22.7 Å². The summed E-state index contributed by atoms with van der Waals surface area (Å²) in [5.41, 5.74) is 0.253. The maximum Gasteiger partial charge on any atom is 0.240 e. The number of benzene rings is 1. The molecule has 2 aliphatic rings. The second-order valence-corrected chi connectivity index (χ2v) is 6.32. The largest absolute Gasteiger partial charge is 0.392 e. The van der Waals surface area contributed by atoms with Gasteiger partial charge in [-0.1, -0.05) is 5.16 Å². The third-order valence-electron chi connectivity index (χ3n) is 4.46. The molecular formula is C16H17F2N3O2. The number of hydrogen-bond acceptors (Lipinski definition) is 5. The third kappa shape index (κ3) is 2.98. The molecule has 1 aromatic heterocycles. The predicted molar refractivity (Wildman–Crippen MR) is 76.4 cm³/mol. The van der Waals surface area contributed by atoms with E-state index in [0.717, 1.165) is 25.0 Å². The second-order valence-electron chi connectivity index (χ2n) is 6.32. The highest BCUT2D eigenvalue weighted by Crippen LogP contribution is 2.39. The maximum absolute atomic E-state index is 14.1. The summed E-state index contributed by atoms with van der Waals surface area (Å²) < 4.78 is 32.8. The molecule has 1 N–H and O–H groups in total. The van der Waals surface area contributed by atoms with E-state index in [0.29, 0.717) is 37.1 Å². The molecule has 5 nitrogen and oxygen atoms in total. The lowest BCUT2D eigenvalue weighted by Crippen LogP contribution is -2.25. The van der Waals surface area contributed by atoms with E-state index in [1.54, 1.807) is 0 Å². The summed E-state index contributed by atoms with van der Waals surface area (Å²) in [7, 11) is 0. The molecule has 1 aliphatic carbocycles. The normalized spacial score (nSPS) is 25.2. The molecule has 23 heavy (non-hydrogen) atoms. The molecule has 2 atom stereocenters. The van der Waals surface area contributed by atoms with Crippen LogP contribution in [0.25, 0.3) is 0 Å². The van der Waals surface area contributed by atoms with Crippen molar-refractivity contribution in [3.63, 3.8) is 0 Å². The van der Waals surface area contributed by atoms with Crippen LogP contribution >= 0.6 is 0 Å². The third-order valence-corrected chi connectivity index (χ3v) is 4.46. The summed E-state index contributed by atoms with van der Waals surface area (Å²) in [6.07, 6.45) is 1.93. The topological polar surface area (TPSA) is 62.4 Å². The molecule has 2 aromatic rings. The van der Waals surface area contributed by atoms with Crippen LogP contribution in [-0.4, -0.2) is 32.8 Å². The van der Waals surface area contributed by atoms with Gasteiger partial charge in [0.15, 0.2) is 5.82 Å². The van der Waals surface area contributed by atoms with E-state index in [1.807, 2.05) is 4.90 Å². The van der Waals surface area contributed by atoms with E-state index in [2.05, 4.69) is 10.1 Å². The van der Waals surface area contributed by atoms with Crippen molar-refractivity contribution in [1.29, 1.82) is 0 Å². The van der Waals surface area contributed by atoms with Gasteiger partial charge in [-0.2, -0.15) is 4.98 Å². The average Bonchev–Trinajstić information content (AvgIpc) is 3.16. The number of aliphatic hydroxyl groups is 1. The molecule has 7 heteroatoms. The number of rotatable bonds is 4. The van der Waals surface area contributed by atoms with Crippen LogP contribution in [0, 0.1) is 11.6 Å².